The second-order valence-electron chi connectivity index (χ2n) is 4.33. The zero-order chi connectivity index (χ0) is 14.6. The van der Waals surface area contributed by atoms with E-state index < -0.39 is 11.7 Å². The number of halogens is 3. The zero-order valence-corrected chi connectivity index (χ0v) is 10.8. The van der Waals surface area contributed by atoms with Crippen molar-refractivity contribution < 1.29 is 13.2 Å². The molecular weight excluding hydrogens is 265 g/mol. The van der Waals surface area contributed by atoms with Crippen LogP contribution >= 0.6 is 0 Å². The van der Waals surface area contributed by atoms with E-state index >= 15 is 0 Å². The maximum absolute atomic E-state index is 12.8. The molecule has 5 heteroatoms. The van der Waals surface area contributed by atoms with Gasteiger partial charge in [-0.1, -0.05) is 42.0 Å². The molecule has 0 aliphatic heterocycles. The van der Waals surface area contributed by atoms with Crippen molar-refractivity contribution in [3.63, 3.8) is 0 Å². The SMILES string of the molecule is Cc1cccc(C=NNc2ccccc2C(F)(F)F)c1. The van der Waals surface area contributed by atoms with E-state index in [1.54, 1.807) is 0 Å². The van der Waals surface area contributed by atoms with Crippen molar-refractivity contribution in [1.82, 2.24) is 0 Å². The summed E-state index contributed by atoms with van der Waals surface area (Å²) in [6, 6.07) is 12.7. The van der Waals surface area contributed by atoms with Crippen molar-refractivity contribution in [2.24, 2.45) is 5.10 Å². The van der Waals surface area contributed by atoms with Crippen LogP contribution in [0.4, 0.5) is 18.9 Å². The smallest absolute Gasteiger partial charge is 0.278 e. The molecule has 2 aromatic carbocycles. The number of hydrazone groups is 1. The van der Waals surface area contributed by atoms with Crippen LogP contribution in [0.2, 0.25) is 0 Å². The van der Waals surface area contributed by atoms with E-state index in [1.165, 1.54) is 24.4 Å². The Hall–Kier alpha value is -2.30. The molecule has 0 bridgehead atoms. The summed E-state index contributed by atoms with van der Waals surface area (Å²) in [6.45, 7) is 1.93. The average Bonchev–Trinajstić information content (AvgIpc) is 2.38. The molecule has 0 heterocycles. The van der Waals surface area contributed by atoms with E-state index in [9.17, 15) is 13.2 Å². The van der Waals surface area contributed by atoms with E-state index in [2.05, 4.69) is 10.5 Å². The van der Waals surface area contributed by atoms with Crippen LogP contribution in [0.3, 0.4) is 0 Å². The highest BCUT2D eigenvalue weighted by Crippen LogP contribution is 2.34. The molecule has 0 aromatic heterocycles. The quantitative estimate of drug-likeness (QED) is 0.650. The third kappa shape index (κ3) is 3.60. The first-order valence-corrected chi connectivity index (χ1v) is 5.99. The van der Waals surface area contributed by atoms with Crippen molar-refractivity contribution in [3.05, 3.63) is 65.2 Å². The highest BCUT2D eigenvalue weighted by Gasteiger charge is 2.33. The van der Waals surface area contributed by atoms with Gasteiger partial charge < -0.3 is 0 Å². The predicted octanol–water partition coefficient (Wildman–Crippen LogP) is 4.46. The molecule has 1 N–H and O–H groups in total. The molecule has 0 atom stereocenters. The summed E-state index contributed by atoms with van der Waals surface area (Å²) in [5.74, 6) is 0. The molecule has 0 saturated carbocycles. The predicted molar refractivity (Wildman–Crippen MR) is 73.8 cm³/mol. The minimum absolute atomic E-state index is 0.0658. The Kier molecular flexibility index (Phi) is 4.08. The topological polar surface area (TPSA) is 24.4 Å². The fourth-order valence-corrected chi connectivity index (χ4v) is 1.75. The van der Waals surface area contributed by atoms with Gasteiger partial charge in [-0.2, -0.15) is 18.3 Å². The van der Waals surface area contributed by atoms with Crippen LogP contribution in [0.25, 0.3) is 0 Å². The Morgan fingerprint density at radius 1 is 1.05 bits per heavy atom. The number of hydrogen-bond donors (Lipinski definition) is 1. The van der Waals surface area contributed by atoms with E-state index in [0.29, 0.717) is 0 Å². The van der Waals surface area contributed by atoms with Crippen LogP contribution in [-0.2, 0) is 6.18 Å². The Morgan fingerprint density at radius 2 is 1.80 bits per heavy atom. The first kappa shape index (κ1) is 14.1. The van der Waals surface area contributed by atoms with Gasteiger partial charge in [-0.3, -0.25) is 5.43 Å². The van der Waals surface area contributed by atoms with Gasteiger partial charge in [0.25, 0.3) is 0 Å². The number of rotatable bonds is 3. The number of nitrogens with zero attached hydrogens (tertiary/aromatic N) is 1. The first-order valence-electron chi connectivity index (χ1n) is 5.99. The Balaban J connectivity index is 2.16. The summed E-state index contributed by atoms with van der Waals surface area (Å²) in [6.07, 6.45) is -2.91. The van der Waals surface area contributed by atoms with Gasteiger partial charge in [-0.25, -0.2) is 0 Å². The number of nitrogens with one attached hydrogen (secondary N) is 1. The summed E-state index contributed by atoms with van der Waals surface area (Å²) in [5, 5.41) is 3.85. The summed E-state index contributed by atoms with van der Waals surface area (Å²) >= 11 is 0. The summed E-state index contributed by atoms with van der Waals surface area (Å²) in [5.41, 5.74) is 3.52. The lowest BCUT2D eigenvalue weighted by atomic mass is 10.1. The molecule has 0 spiro atoms. The first-order chi connectivity index (χ1) is 9.47. The van der Waals surface area contributed by atoms with E-state index in [0.717, 1.165) is 17.2 Å². The lowest BCUT2D eigenvalue weighted by Gasteiger charge is -2.11. The van der Waals surface area contributed by atoms with Crippen LogP contribution in [0, 0.1) is 6.92 Å². The number of hydrogen-bond acceptors (Lipinski definition) is 2. The standard InChI is InChI=1S/C15H13F3N2/c1-11-5-4-6-12(9-11)10-19-20-14-8-3-2-7-13(14)15(16,17)18/h2-10,20H,1H3. The van der Waals surface area contributed by atoms with Crippen LogP contribution in [-0.4, -0.2) is 6.21 Å². The third-order valence-corrected chi connectivity index (χ3v) is 2.67. The van der Waals surface area contributed by atoms with Gasteiger partial charge in [0.2, 0.25) is 0 Å². The van der Waals surface area contributed by atoms with Crippen molar-refractivity contribution in [1.29, 1.82) is 0 Å². The maximum Gasteiger partial charge on any atom is 0.418 e. The van der Waals surface area contributed by atoms with Gasteiger partial charge >= 0.3 is 6.18 Å². The number of anilines is 1. The Morgan fingerprint density at radius 3 is 2.50 bits per heavy atom. The molecule has 0 saturated heterocycles. The number of para-hydroxylation sites is 1. The second kappa shape index (κ2) is 5.77. The molecule has 0 fully saturated rings. The molecule has 104 valence electrons. The van der Waals surface area contributed by atoms with Gasteiger partial charge in [0.1, 0.15) is 0 Å². The third-order valence-electron chi connectivity index (χ3n) is 2.67. The second-order valence-corrected chi connectivity index (χ2v) is 4.33. The highest BCUT2D eigenvalue weighted by atomic mass is 19.4. The number of aryl methyl sites for hydroxylation is 1. The Bertz CT molecular complexity index is 619. The summed E-state index contributed by atoms with van der Waals surface area (Å²) in [7, 11) is 0. The average molecular weight is 278 g/mol. The molecule has 20 heavy (non-hydrogen) atoms. The van der Waals surface area contributed by atoms with Crippen molar-refractivity contribution >= 4 is 11.9 Å². The van der Waals surface area contributed by atoms with E-state index in [4.69, 9.17) is 0 Å². The van der Waals surface area contributed by atoms with Crippen molar-refractivity contribution in [3.8, 4) is 0 Å². The highest BCUT2D eigenvalue weighted by molar-refractivity contribution is 5.80. The largest absolute Gasteiger partial charge is 0.418 e. The maximum atomic E-state index is 12.8. The fourth-order valence-electron chi connectivity index (χ4n) is 1.75. The lowest BCUT2D eigenvalue weighted by Crippen LogP contribution is -2.08. The van der Waals surface area contributed by atoms with Gasteiger partial charge in [-0.15, -0.1) is 0 Å². The summed E-state index contributed by atoms with van der Waals surface area (Å²) < 4.78 is 38.3. The molecule has 2 aromatic rings. The van der Waals surface area contributed by atoms with Crippen LogP contribution in [0.15, 0.2) is 53.6 Å². The van der Waals surface area contributed by atoms with Gasteiger partial charge in [0, 0.05) is 0 Å². The molecule has 0 unspecified atom stereocenters. The van der Waals surface area contributed by atoms with Crippen LogP contribution < -0.4 is 5.43 Å². The fraction of sp³-hybridized carbons (Fsp3) is 0.133. The van der Waals surface area contributed by atoms with E-state index in [1.807, 2.05) is 31.2 Å². The molecule has 0 aliphatic rings. The van der Waals surface area contributed by atoms with Crippen LogP contribution in [0.5, 0.6) is 0 Å². The lowest BCUT2D eigenvalue weighted by molar-refractivity contribution is -0.136. The van der Waals surface area contributed by atoms with Gasteiger partial charge in [-0.05, 0) is 24.6 Å². The molecule has 0 radical (unpaired) electrons. The normalized spacial score (nSPS) is 11.8. The van der Waals surface area contributed by atoms with E-state index in [-0.39, 0.29) is 5.69 Å². The number of alkyl halides is 3. The van der Waals surface area contributed by atoms with Crippen molar-refractivity contribution in [2.75, 3.05) is 5.43 Å². The Labute approximate surface area is 114 Å². The number of benzene rings is 2. The van der Waals surface area contributed by atoms with Gasteiger partial charge in [0.05, 0.1) is 17.5 Å². The summed E-state index contributed by atoms with van der Waals surface area (Å²) in [4.78, 5) is 0. The molecule has 2 rings (SSSR count). The van der Waals surface area contributed by atoms with Gasteiger partial charge in [0.15, 0.2) is 0 Å². The molecule has 0 aliphatic carbocycles. The minimum Gasteiger partial charge on any atom is -0.278 e. The van der Waals surface area contributed by atoms with Crippen LogP contribution in [0.1, 0.15) is 16.7 Å². The zero-order valence-electron chi connectivity index (χ0n) is 10.8. The molecule has 2 nitrogen and oxygen atoms in total. The minimum atomic E-state index is -4.40. The monoisotopic (exact) mass is 278 g/mol. The molecular formula is C15H13F3N2. The molecule has 0 amide bonds. The van der Waals surface area contributed by atoms with Crippen molar-refractivity contribution in [2.45, 2.75) is 13.1 Å².